The molecule has 3 rings (SSSR count). The van der Waals surface area contributed by atoms with E-state index in [2.05, 4.69) is 41.1 Å². The van der Waals surface area contributed by atoms with Crippen LogP contribution in [0.2, 0.25) is 0 Å². The lowest BCUT2D eigenvalue weighted by atomic mass is 9.76. The van der Waals surface area contributed by atoms with Crippen LogP contribution in [0, 0.1) is 6.92 Å². The van der Waals surface area contributed by atoms with Crippen LogP contribution in [0.25, 0.3) is 0 Å². The van der Waals surface area contributed by atoms with Crippen LogP contribution < -0.4 is 4.90 Å². The minimum absolute atomic E-state index is 0.0146. The Morgan fingerprint density at radius 2 is 1.96 bits per heavy atom. The van der Waals surface area contributed by atoms with Gasteiger partial charge in [-0.2, -0.15) is 0 Å². The number of carboxylic acid groups (broad SMARTS) is 1. The van der Waals surface area contributed by atoms with Crippen molar-refractivity contribution >= 4 is 11.8 Å². The molecule has 1 fully saturated rings. The van der Waals surface area contributed by atoms with E-state index in [9.17, 15) is 9.90 Å². The van der Waals surface area contributed by atoms with Crippen molar-refractivity contribution in [3.05, 3.63) is 59.3 Å². The van der Waals surface area contributed by atoms with Crippen LogP contribution in [-0.2, 0) is 5.41 Å². The molecular formula is C19H22N2O2. The van der Waals surface area contributed by atoms with E-state index in [4.69, 9.17) is 0 Å². The average molecular weight is 310 g/mol. The van der Waals surface area contributed by atoms with Crippen molar-refractivity contribution in [3.8, 4) is 0 Å². The van der Waals surface area contributed by atoms with Crippen LogP contribution in [0.4, 0.5) is 5.82 Å². The number of nitrogens with zero attached hydrogens (tertiary/aromatic N) is 2. The maximum atomic E-state index is 11.5. The number of carboxylic acids is 1. The lowest BCUT2D eigenvalue weighted by molar-refractivity contribution is 0.0697. The van der Waals surface area contributed by atoms with Gasteiger partial charge < -0.3 is 10.0 Å². The normalized spacial score (nSPS) is 21.2. The van der Waals surface area contributed by atoms with Crippen molar-refractivity contribution in [2.24, 2.45) is 0 Å². The van der Waals surface area contributed by atoms with Gasteiger partial charge in [0.15, 0.2) is 0 Å². The number of aromatic nitrogens is 1. The third-order valence-electron chi connectivity index (χ3n) is 4.71. The molecule has 1 aromatic carbocycles. The molecule has 1 N–H and O–H groups in total. The number of rotatable bonds is 3. The summed E-state index contributed by atoms with van der Waals surface area (Å²) in [7, 11) is 0. The highest BCUT2D eigenvalue weighted by atomic mass is 16.4. The Bertz CT molecular complexity index is 715. The maximum absolute atomic E-state index is 11.5. The van der Waals surface area contributed by atoms with E-state index in [0.29, 0.717) is 5.82 Å². The van der Waals surface area contributed by atoms with Gasteiger partial charge in [0, 0.05) is 24.2 Å². The molecule has 4 nitrogen and oxygen atoms in total. The number of piperidine rings is 1. The fraction of sp³-hybridized carbons (Fsp3) is 0.368. The van der Waals surface area contributed by atoms with E-state index in [0.717, 1.165) is 31.6 Å². The van der Waals surface area contributed by atoms with E-state index in [-0.39, 0.29) is 11.0 Å². The molecule has 1 atom stereocenters. The summed E-state index contributed by atoms with van der Waals surface area (Å²) >= 11 is 0. The summed E-state index contributed by atoms with van der Waals surface area (Å²) in [6, 6.07) is 13.9. The molecule has 1 aliphatic heterocycles. The van der Waals surface area contributed by atoms with E-state index >= 15 is 0 Å². The highest BCUT2D eigenvalue weighted by Gasteiger charge is 2.34. The summed E-state index contributed by atoms with van der Waals surface area (Å²) in [5, 5.41) is 9.47. The number of hydrogen-bond acceptors (Lipinski definition) is 3. The maximum Gasteiger partial charge on any atom is 0.339 e. The Morgan fingerprint density at radius 3 is 2.65 bits per heavy atom. The monoisotopic (exact) mass is 310 g/mol. The third-order valence-corrected chi connectivity index (χ3v) is 4.71. The molecule has 2 heterocycles. The Balaban J connectivity index is 1.96. The molecule has 23 heavy (non-hydrogen) atoms. The standard InChI is InChI=1S/C19H22N2O2/c1-14-9-10-16(18(22)23)17(20-14)21-12-6-11-19(2,13-21)15-7-4-3-5-8-15/h3-5,7-10H,6,11-13H2,1-2H3,(H,22,23)/t19-/m0/s1. The fourth-order valence-corrected chi connectivity index (χ4v) is 3.45. The average Bonchev–Trinajstić information content (AvgIpc) is 2.55. The molecule has 0 radical (unpaired) electrons. The second-order valence-corrected chi connectivity index (χ2v) is 6.58. The topological polar surface area (TPSA) is 53.4 Å². The molecule has 0 amide bonds. The summed E-state index contributed by atoms with van der Waals surface area (Å²) in [6.45, 7) is 5.78. The van der Waals surface area contributed by atoms with E-state index in [1.807, 2.05) is 13.0 Å². The van der Waals surface area contributed by atoms with Gasteiger partial charge in [-0.1, -0.05) is 37.3 Å². The van der Waals surface area contributed by atoms with E-state index in [1.54, 1.807) is 12.1 Å². The first-order valence-electron chi connectivity index (χ1n) is 8.01. The van der Waals surface area contributed by atoms with Crippen LogP contribution >= 0.6 is 0 Å². The van der Waals surface area contributed by atoms with Crippen LogP contribution in [0.3, 0.4) is 0 Å². The minimum Gasteiger partial charge on any atom is -0.478 e. The quantitative estimate of drug-likeness (QED) is 0.940. The van der Waals surface area contributed by atoms with Crippen molar-refractivity contribution < 1.29 is 9.90 Å². The molecule has 1 aromatic heterocycles. The van der Waals surface area contributed by atoms with E-state index < -0.39 is 5.97 Å². The zero-order valence-electron chi connectivity index (χ0n) is 13.6. The zero-order valence-corrected chi connectivity index (χ0v) is 13.6. The highest BCUT2D eigenvalue weighted by molar-refractivity contribution is 5.93. The van der Waals surface area contributed by atoms with Gasteiger partial charge in [-0.05, 0) is 37.5 Å². The Labute approximate surface area is 136 Å². The molecule has 1 saturated heterocycles. The van der Waals surface area contributed by atoms with Crippen molar-refractivity contribution in [2.45, 2.75) is 32.1 Å². The van der Waals surface area contributed by atoms with Gasteiger partial charge in [0.05, 0.1) is 0 Å². The first kappa shape index (κ1) is 15.5. The summed E-state index contributed by atoms with van der Waals surface area (Å²) in [4.78, 5) is 18.2. The Kier molecular flexibility index (Phi) is 4.07. The van der Waals surface area contributed by atoms with Crippen LogP contribution in [-0.4, -0.2) is 29.1 Å². The number of aromatic carboxylic acids is 1. The molecule has 0 spiro atoms. The number of carbonyl (C=O) groups is 1. The van der Waals surface area contributed by atoms with Crippen molar-refractivity contribution in [2.75, 3.05) is 18.0 Å². The van der Waals surface area contributed by atoms with Gasteiger partial charge in [0.25, 0.3) is 0 Å². The SMILES string of the molecule is Cc1ccc(C(=O)O)c(N2CCC[C@](C)(c3ccccc3)C2)n1. The first-order chi connectivity index (χ1) is 11.0. The lowest BCUT2D eigenvalue weighted by Crippen LogP contribution is -2.45. The van der Waals surface area contributed by atoms with Gasteiger partial charge in [0.1, 0.15) is 11.4 Å². The summed E-state index contributed by atoms with van der Waals surface area (Å²) in [5.74, 6) is -0.321. The molecule has 0 aliphatic carbocycles. The molecule has 0 bridgehead atoms. The second-order valence-electron chi connectivity index (χ2n) is 6.58. The highest BCUT2D eigenvalue weighted by Crippen LogP contribution is 2.36. The largest absolute Gasteiger partial charge is 0.478 e. The third kappa shape index (κ3) is 3.07. The second kappa shape index (κ2) is 6.03. The van der Waals surface area contributed by atoms with E-state index in [1.165, 1.54) is 5.56 Å². The van der Waals surface area contributed by atoms with Gasteiger partial charge in [-0.25, -0.2) is 9.78 Å². The van der Waals surface area contributed by atoms with Crippen LogP contribution in [0.5, 0.6) is 0 Å². The van der Waals surface area contributed by atoms with Crippen molar-refractivity contribution in [1.82, 2.24) is 4.98 Å². The Hall–Kier alpha value is -2.36. The zero-order chi connectivity index (χ0) is 16.4. The van der Waals surface area contributed by atoms with Gasteiger partial charge in [-0.3, -0.25) is 0 Å². The lowest BCUT2D eigenvalue weighted by Gasteiger charge is -2.42. The molecule has 4 heteroatoms. The van der Waals surface area contributed by atoms with Crippen molar-refractivity contribution in [1.29, 1.82) is 0 Å². The number of hydrogen-bond donors (Lipinski definition) is 1. The molecule has 120 valence electrons. The number of anilines is 1. The molecule has 2 aromatic rings. The number of benzene rings is 1. The van der Waals surface area contributed by atoms with Crippen LogP contribution in [0.1, 0.15) is 41.4 Å². The first-order valence-corrected chi connectivity index (χ1v) is 8.01. The fourth-order valence-electron chi connectivity index (χ4n) is 3.45. The van der Waals surface area contributed by atoms with Gasteiger partial charge in [-0.15, -0.1) is 0 Å². The number of aryl methyl sites for hydroxylation is 1. The minimum atomic E-state index is -0.917. The smallest absolute Gasteiger partial charge is 0.339 e. The Morgan fingerprint density at radius 1 is 1.22 bits per heavy atom. The van der Waals surface area contributed by atoms with Gasteiger partial charge in [0.2, 0.25) is 0 Å². The molecule has 0 saturated carbocycles. The molecule has 0 unspecified atom stereocenters. The summed E-state index contributed by atoms with van der Waals surface area (Å²) < 4.78 is 0. The summed E-state index contributed by atoms with van der Waals surface area (Å²) in [5.41, 5.74) is 2.44. The molecular weight excluding hydrogens is 288 g/mol. The summed E-state index contributed by atoms with van der Waals surface area (Å²) in [6.07, 6.45) is 2.13. The van der Waals surface area contributed by atoms with Crippen LogP contribution in [0.15, 0.2) is 42.5 Å². The predicted molar refractivity (Wildman–Crippen MR) is 91.2 cm³/mol. The predicted octanol–water partition coefficient (Wildman–Crippen LogP) is 3.65. The van der Waals surface area contributed by atoms with Gasteiger partial charge >= 0.3 is 5.97 Å². The number of pyridine rings is 1. The van der Waals surface area contributed by atoms with Crippen molar-refractivity contribution in [3.63, 3.8) is 0 Å². The molecule has 1 aliphatic rings.